The minimum Gasteiger partial charge on any atom is -0.354 e. The van der Waals surface area contributed by atoms with Crippen LogP contribution in [0.15, 0.2) is 60.8 Å². The number of pyridine rings is 1. The molecule has 1 aromatic heterocycles. The van der Waals surface area contributed by atoms with Crippen LogP contribution < -0.4 is 10.6 Å². The van der Waals surface area contributed by atoms with E-state index in [0.29, 0.717) is 17.1 Å². The Morgan fingerprint density at radius 2 is 1.62 bits per heavy atom. The molecule has 0 aliphatic rings. The van der Waals surface area contributed by atoms with Crippen molar-refractivity contribution in [1.82, 2.24) is 4.98 Å². The molecule has 26 heavy (non-hydrogen) atoms. The SMILES string of the molecule is CCc1ccc(NC(=O)c2ccc(Nc3ccc(F)c(F)c3)cn2)cc1. The highest BCUT2D eigenvalue weighted by Crippen LogP contribution is 2.19. The highest BCUT2D eigenvalue weighted by atomic mass is 19.2. The molecule has 132 valence electrons. The predicted octanol–water partition coefficient (Wildman–Crippen LogP) is 4.92. The van der Waals surface area contributed by atoms with E-state index in [9.17, 15) is 13.6 Å². The summed E-state index contributed by atoms with van der Waals surface area (Å²) in [6.07, 6.45) is 2.39. The molecule has 0 aliphatic carbocycles. The first-order valence-electron chi connectivity index (χ1n) is 8.13. The van der Waals surface area contributed by atoms with Crippen LogP contribution in [0.5, 0.6) is 0 Å². The third-order valence-corrected chi connectivity index (χ3v) is 3.82. The average molecular weight is 353 g/mol. The minimum atomic E-state index is -0.937. The second-order valence-corrected chi connectivity index (χ2v) is 5.69. The summed E-state index contributed by atoms with van der Waals surface area (Å²) < 4.78 is 26.2. The first kappa shape index (κ1) is 17.5. The quantitative estimate of drug-likeness (QED) is 0.685. The standard InChI is InChI=1S/C20H17F2N3O/c1-2-13-3-5-14(6-4-13)25-20(26)19-10-8-16(12-23-19)24-15-7-9-17(21)18(22)11-15/h3-12,24H,2H2,1H3,(H,25,26). The van der Waals surface area contributed by atoms with Crippen LogP contribution in [0.1, 0.15) is 23.0 Å². The number of anilines is 3. The Labute approximate surface area is 149 Å². The molecule has 3 aromatic rings. The van der Waals surface area contributed by atoms with Gasteiger partial charge in [0.05, 0.1) is 11.9 Å². The lowest BCUT2D eigenvalue weighted by atomic mass is 10.1. The van der Waals surface area contributed by atoms with Gasteiger partial charge in [0.1, 0.15) is 5.69 Å². The number of carbonyl (C=O) groups is 1. The Bertz CT molecular complexity index is 909. The van der Waals surface area contributed by atoms with E-state index in [4.69, 9.17) is 0 Å². The molecule has 1 heterocycles. The molecule has 0 spiro atoms. The Morgan fingerprint density at radius 1 is 0.923 bits per heavy atom. The van der Waals surface area contributed by atoms with Gasteiger partial charge in [0, 0.05) is 17.4 Å². The number of aromatic nitrogens is 1. The lowest BCUT2D eigenvalue weighted by Gasteiger charge is -2.08. The summed E-state index contributed by atoms with van der Waals surface area (Å²) in [5.74, 6) is -2.17. The third-order valence-electron chi connectivity index (χ3n) is 3.82. The Kier molecular flexibility index (Phi) is 5.22. The van der Waals surface area contributed by atoms with Gasteiger partial charge in [-0.2, -0.15) is 0 Å². The molecule has 0 saturated carbocycles. The topological polar surface area (TPSA) is 54.0 Å². The number of nitrogens with one attached hydrogen (secondary N) is 2. The molecule has 0 bridgehead atoms. The molecule has 2 N–H and O–H groups in total. The van der Waals surface area contributed by atoms with Gasteiger partial charge < -0.3 is 10.6 Å². The average Bonchev–Trinajstić information content (AvgIpc) is 2.66. The minimum absolute atomic E-state index is 0.250. The van der Waals surface area contributed by atoms with Crippen molar-refractivity contribution < 1.29 is 13.6 Å². The van der Waals surface area contributed by atoms with Gasteiger partial charge in [0.25, 0.3) is 5.91 Å². The Hall–Kier alpha value is -3.28. The number of nitrogens with zero attached hydrogens (tertiary/aromatic N) is 1. The van der Waals surface area contributed by atoms with Crippen molar-refractivity contribution in [2.24, 2.45) is 0 Å². The number of aryl methyl sites for hydroxylation is 1. The number of hydrogen-bond donors (Lipinski definition) is 2. The van der Waals surface area contributed by atoms with Crippen LogP contribution in [0.2, 0.25) is 0 Å². The highest BCUT2D eigenvalue weighted by molar-refractivity contribution is 6.02. The van der Waals surface area contributed by atoms with Gasteiger partial charge in [-0.1, -0.05) is 19.1 Å². The van der Waals surface area contributed by atoms with Gasteiger partial charge >= 0.3 is 0 Å². The number of amides is 1. The van der Waals surface area contributed by atoms with Gasteiger partial charge in [-0.15, -0.1) is 0 Å². The smallest absolute Gasteiger partial charge is 0.274 e. The summed E-state index contributed by atoms with van der Waals surface area (Å²) >= 11 is 0. The summed E-state index contributed by atoms with van der Waals surface area (Å²) in [6, 6.07) is 14.3. The van der Waals surface area contributed by atoms with Gasteiger partial charge in [0.15, 0.2) is 11.6 Å². The van der Waals surface area contributed by atoms with Crippen LogP contribution in [0, 0.1) is 11.6 Å². The molecule has 0 fully saturated rings. The molecule has 0 aliphatic heterocycles. The first-order chi connectivity index (χ1) is 12.5. The Morgan fingerprint density at radius 3 is 2.23 bits per heavy atom. The maximum absolute atomic E-state index is 13.2. The fraction of sp³-hybridized carbons (Fsp3) is 0.100. The second-order valence-electron chi connectivity index (χ2n) is 5.69. The van der Waals surface area contributed by atoms with Crippen LogP contribution in [-0.4, -0.2) is 10.9 Å². The predicted molar refractivity (Wildman–Crippen MR) is 97.7 cm³/mol. The zero-order valence-electron chi connectivity index (χ0n) is 14.1. The van der Waals surface area contributed by atoms with Crippen molar-refractivity contribution in [1.29, 1.82) is 0 Å². The number of benzene rings is 2. The molecule has 3 rings (SSSR count). The van der Waals surface area contributed by atoms with E-state index in [-0.39, 0.29) is 11.6 Å². The van der Waals surface area contributed by atoms with E-state index in [0.717, 1.165) is 18.6 Å². The summed E-state index contributed by atoms with van der Waals surface area (Å²) in [4.78, 5) is 16.3. The lowest BCUT2D eigenvalue weighted by molar-refractivity contribution is 0.102. The van der Waals surface area contributed by atoms with Crippen molar-refractivity contribution in [3.8, 4) is 0 Å². The van der Waals surface area contributed by atoms with Crippen molar-refractivity contribution in [3.63, 3.8) is 0 Å². The summed E-state index contributed by atoms with van der Waals surface area (Å²) in [6.45, 7) is 2.06. The third kappa shape index (κ3) is 4.22. The largest absolute Gasteiger partial charge is 0.354 e. The molecule has 1 amide bonds. The zero-order valence-corrected chi connectivity index (χ0v) is 14.1. The van der Waals surface area contributed by atoms with E-state index in [2.05, 4.69) is 22.5 Å². The van der Waals surface area contributed by atoms with Gasteiger partial charge in [-0.05, 0) is 48.4 Å². The fourth-order valence-corrected chi connectivity index (χ4v) is 2.36. The molecule has 0 unspecified atom stereocenters. The van der Waals surface area contributed by atoms with E-state index in [1.807, 2.05) is 24.3 Å². The van der Waals surface area contributed by atoms with Crippen molar-refractivity contribution in [3.05, 3.63) is 83.7 Å². The molecular formula is C20H17F2N3O. The van der Waals surface area contributed by atoms with E-state index >= 15 is 0 Å². The van der Waals surface area contributed by atoms with Crippen molar-refractivity contribution >= 4 is 23.0 Å². The van der Waals surface area contributed by atoms with Crippen LogP contribution in [0.25, 0.3) is 0 Å². The molecule has 0 atom stereocenters. The maximum atomic E-state index is 13.2. The van der Waals surface area contributed by atoms with Crippen LogP contribution in [0.3, 0.4) is 0 Å². The monoisotopic (exact) mass is 353 g/mol. The highest BCUT2D eigenvalue weighted by Gasteiger charge is 2.08. The van der Waals surface area contributed by atoms with Gasteiger partial charge in [-0.3, -0.25) is 4.79 Å². The van der Waals surface area contributed by atoms with Gasteiger partial charge in [0.2, 0.25) is 0 Å². The van der Waals surface area contributed by atoms with Crippen LogP contribution in [0.4, 0.5) is 25.8 Å². The van der Waals surface area contributed by atoms with Crippen molar-refractivity contribution in [2.45, 2.75) is 13.3 Å². The lowest BCUT2D eigenvalue weighted by Crippen LogP contribution is -2.13. The fourth-order valence-electron chi connectivity index (χ4n) is 2.36. The summed E-state index contributed by atoms with van der Waals surface area (Å²) in [7, 11) is 0. The molecule has 0 radical (unpaired) electrons. The van der Waals surface area contributed by atoms with Gasteiger partial charge in [-0.25, -0.2) is 13.8 Å². The maximum Gasteiger partial charge on any atom is 0.274 e. The molecular weight excluding hydrogens is 336 g/mol. The Balaban J connectivity index is 1.66. The number of rotatable bonds is 5. The van der Waals surface area contributed by atoms with Crippen molar-refractivity contribution in [2.75, 3.05) is 10.6 Å². The molecule has 2 aromatic carbocycles. The van der Waals surface area contributed by atoms with Crippen LogP contribution in [-0.2, 0) is 6.42 Å². The zero-order chi connectivity index (χ0) is 18.5. The number of halogens is 2. The number of hydrogen-bond acceptors (Lipinski definition) is 3. The summed E-state index contributed by atoms with van der Waals surface area (Å²) in [5, 5.41) is 5.68. The summed E-state index contributed by atoms with van der Waals surface area (Å²) in [5.41, 5.74) is 3.07. The number of carbonyl (C=O) groups excluding carboxylic acids is 1. The van der Waals surface area contributed by atoms with E-state index < -0.39 is 11.6 Å². The first-order valence-corrected chi connectivity index (χ1v) is 8.13. The van der Waals surface area contributed by atoms with E-state index in [1.54, 1.807) is 12.1 Å². The molecule has 6 heteroatoms. The van der Waals surface area contributed by atoms with Crippen LogP contribution >= 0.6 is 0 Å². The van der Waals surface area contributed by atoms with E-state index in [1.165, 1.54) is 17.8 Å². The second kappa shape index (κ2) is 7.74. The molecule has 4 nitrogen and oxygen atoms in total. The normalized spacial score (nSPS) is 10.4. The molecule has 0 saturated heterocycles.